The minimum absolute atomic E-state index is 0.523. The van der Waals surface area contributed by atoms with Crippen molar-refractivity contribution in [2.75, 3.05) is 0 Å². The molecule has 0 saturated heterocycles. The van der Waals surface area contributed by atoms with Crippen molar-refractivity contribution >= 4 is 10.9 Å². The highest BCUT2D eigenvalue weighted by molar-refractivity contribution is 5.84. The molecular weight excluding hydrogens is 346 g/mol. The van der Waals surface area contributed by atoms with Crippen LogP contribution in [0.2, 0.25) is 0 Å². The van der Waals surface area contributed by atoms with E-state index in [2.05, 4.69) is 55.6 Å². The normalized spacial score (nSPS) is 19.4. The first kappa shape index (κ1) is 20.4. The minimum atomic E-state index is 0.523. The molecule has 1 saturated carbocycles. The number of hydrogen-bond donors (Lipinski definition) is 2. The molecule has 2 heterocycles. The van der Waals surface area contributed by atoms with Crippen molar-refractivity contribution in [2.45, 2.75) is 52.4 Å². The van der Waals surface area contributed by atoms with Gasteiger partial charge in [-0.15, -0.1) is 0 Å². The molecule has 0 amide bonds. The largest absolute Gasteiger partial charge is 0.274 e. The fourth-order valence-corrected chi connectivity index (χ4v) is 4.22. The van der Waals surface area contributed by atoms with Crippen molar-refractivity contribution in [1.29, 1.82) is 0 Å². The van der Waals surface area contributed by atoms with Gasteiger partial charge >= 0.3 is 0 Å². The van der Waals surface area contributed by atoms with Crippen LogP contribution in [0.5, 0.6) is 0 Å². The van der Waals surface area contributed by atoms with Gasteiger partial charge in [-0.25, -0.2) is 9.97 Å². The van der Waals surface area contributed by atoms with Crippen molar-refractivity contribution in [1.82, 2.24) is 15.0 Å². The quantitative estimate of drug-likeness (QED) is 0.508. The van der Waals surface area contributed by atoms with Crippen LogP contribution in [0.1, 0.15) is 56.8 Å². The van der Waals surface area contributed by atoms with E-state index in [1.54, 1.807) is 0 Å². The van der Waals surface area contributed by atoms with Crippen LogP contribution in [0.25, 0.3) is 22.0 Å². The Morgan fingerprint density at radius 1 is 1.00 bits per heavy atom. The second-order valence-electron chi connectivity index (χ2n) is 8.05. The van der Waals surface area contributed by atoms with Crippen LogP contribution in [-0.4, -0.2) is 15.0 Å². The Bertz CT molecular complexity index is 914. The van der Waals surface area contributed by atoms with E-state index >= 15 is 0 Å². The molecule has 0 atom stereocenters. The number of rotatable bonds is 3. The van der Waals surface area contributed by atoms with Crippen LogP contribution in [0.15, 0.2) is 42.9 Å². The van der Waals surface area contributed by atoms with Gasteiger partial charge in [-0.1, -0.05) is 19.9 Å². The van der Waals surface area contributed by atoms with E-state index in [4.69, 9.17) is 9.97 Å². The summed E-state index contributed by atoms with van der Waals surface area (Å²) in [5.41, 5.74) is 4.63. The Hall–Kier alpha value is -2.37. The van der Waals surface area contributed by atoms with Gasteiger partial charge in [-0.2, -0.15) is 0 Å². The summed E-state index contributed by atoms with van der Waals surface area (Å²) in [6.45, 7) is 6.81. The number of pyridine rings is 1. The second-order valence-corrected chi connectivity index (χ2v) is 8.05. The van der Waals surface area contributed by atoms with Gasteiger partial charge in [-0.3, -0.25) is 16.7 Å². The summed E-state index contributed by atoms with van der Waals surface area (Å²) in [6, 6.07) is 8.51. The Morgan fingerprint density at radius 3 is 2.43 bits per heavy atom. The monoisotopic (exact) mass is 377 g/mol. The summed E-state index contributed by atoms with van der Waals surface area (Å²) in [5, 5.41) is 1.10. The summed E-state index contributed by atoms with van der Waals surface area (Å²) in [6.07, 6.45) is 10.8. The van der Waals surface area contributed by atoms with Crippen molar-refractivity contribution in [3.05, 3.63) is 54.2 Å². The summed E-state index contributed by atoms with van der Waals surface area (Å²) in [7, 11) is 0. The van der Waals surface area contributed by atoms with Crippen molar-refractivity contribution in [2.24, 2.45) is 23.5 Å². The standard InChI is InChI=1S/C23H27N3.H4N2/c1-15(2)17-4-6-18(7-5-17)23-25-13-20-12-19(8-9-22(20)26-23)21-14-24-11-10-16(21)3;1-2/h8-15,17-18H,4-7H2,1-3H3;1-2H2. The molecule has 0 spiro atoms. The molecule has 0 bridgehead atoms. The highest BCUT2D eigenvalue weighted by Crippen LogP contribution is 2.37. The van der Waals surface area contributed by atoms with Gasteiger partial charge in [0.05, 0.1) is 5.52 Å². The number of fused-ring (bicyclic) bond motifs is 1. The van der Waals surface area contributed by atoms with Crippen LogP contribution in [-0.2, 0) is 0 Å². The molecule has 1 fully saturated rings. The summed E-state index contributed by atoms with van der Waals surface area (Å²) >= 11 is 0. The van der Waals surface area contributed by atoms with Crippen molar-refractivity contribution in [3.63, 3.8) is 0 Å². The molecule has 5 nitrogen and oxygen atoms in total. The zero-order valence-corrected chi connectivity index (χ0v) is 17.1. The van der Waals surface area contributed by atoms with Gasteiger partial charge in [0, 0.05) is 35.5 Å². The lowest BCUT2D eigenvalue weighted by Gasteiger charge is -2.30. The van der Waals surface area contributed by atoms with Gasteiger partial charge in [-0.05, 0) is 73.8 Å². The lowest BCUT2D eigenvalue weighted by molar-refractivity contribution is 0.255. The van der Waals surface area contributed by atoms with E-state index in [1.807, 2.05) is 24.7 Å². The molecule has 1 aromatic carbocycles. The lowest BCUT2D eigenvalue weighted by atomic mass is 9.77. The van der Waals surface area contributed by atoms with Gasteiger partial charge in [0.1, 0.15) is 5.82 Å². The third-order valence-electron chi connectivity index (χ3n) is 6.03. The van der Waals surface area contributed by atoms with Crippen LogP contribution in [0.3, 0.4) is 0 Å². The highest BCUT2D eigenvalue weighted by Gasteiger charge is 2.25. The molecular formula is C23H31N5. The van der Waals surface area contributed by atoms with Crippen LogP contribution < -0.4 is 11.7 Å². The van der Waals surface area contributed by atoms with E-state index < -0.39 is 0 Å². The van der Waals surface area contributed by atoms with Crippen LogP contribution in [0.4, 0.5) is 0 Å². The molecule has 28 heavy (non-hydrogen) atoms. The Kier molecular flexibility index (Phi) is 6.70. The molecule has 0 radical (unpaired) electrons. The maximum atomic E-state index is 4.90. The smallest absolute Gasteiger partial charge is 0.132 e. The van der Waals surface area contributed by atoms with Crippen molar-refractivity contribution in [3.8, 4) is 11.1 Å². The SMILES string of the molecule is Cc1ccncc1-c1ccc2nc(C3CCC(C(C)C)CC3)ncc2c1.NN. The molecule has 1 aliphatic rings. The molecule has 3 aromatic rings. The van der Waals surface area contributed by atoms with Crippen LogP contribution in [0, 0.1) is 18.8 Å². The molecule has 5 heteroatoms. The van der Waals surface area contributed by atoms with Gasteiger partial charge in [0.15, 0.2) is 0 Å². The third kappa shape index (κ3) is 4.37. The van der Waals surface area contributed by atoms with E-state index in [1.165, 1.54) is 42.4 Å². The minimum Gasteiger partial charge on any atom is -0.274 e. The fraction of sp³-hybridized carbons (Fsp3) is 0.435. The first-order valence-electron chi connectivity index (χ1n) is 10.1. The zero-order chi connectivity index (χ0) is 20.1. The number of hydrazine groups is 1. The maximum Gasteiger partial charge on any atom is 0.132 e. The number of benzene rings is 1. The molecule has 4 N–H and O–H groups in total. The van der Waals surface area contributed by atoms with E-state index in [0.717, 1.165) is 28.6 Å². The van der Waals surface area contributed by atoms with Gasteiger partial charge < -0.3 is 0 Å². The Morgan fingerprint density at radius 2 is 1.75 bits per heavy atom. The first-order chi connectivity index (χ1) is 13.6. The predicted molar refractivity (Wildman–Crippen MR) is 115 cm³/mol. The van der Waals surface area contributed by atoms with Crippen LogP contribution >= 0.6 is 0 Å². The molecule has 0 unspecified atom stereocenters. The lowest BCUT2D eigenvalue weighted by Crippen LogP contribution is -2.18. The number of aromatic nitrogens is 3. The van der Waals surface area contributed by atoms with E-state index in [0.29, 0.717) is 5.92 Å². The number of aryl methyl sites for hydroxylation is 1. The van der Waals surface area contributed by atoms with Gasteiger partial charge in [0.2, 0.25) is 0 Å². The number of nitrogens with zero attached hydrogens (tertiary/aromatic N) is 3. The molecule has 1 aliphatic carbocycles. The van der Waals surface area contributed by atoms with E-state index in [9.17, 15) is 0 Å². The maximum absolute atomic E-state index is 4.90. The zero-order valence-electron chi connectivity index (χ0n) is 17.1. The summed E-state index contributed by atoms with van der Waals surface area (Å²) in [5.74, 6) is 11.2. The molecule has 0 aliphatic heterocycles. The highest BCUT2D eigenvalue weighted by atomic mass is 15.0. The Balaban J connectivity index is 0.00000109. The average molecular weight is 378 g/mol. The van der Waals surface area contributed by atoms with Crippen molar-refractivity contribution < 1.29 is 0 Å². The fourth-order valence-electron chi connectivity index (χ4n) is 4.22. The van der Waals surface area contributed by atoms with E-state index in [-0.39, 0.29) is 0 Å². The Labute approximate surface area is 167 Å². The molecule has 148 valence electrons. The molecule has 4 rings (SSSR count). The number of hydrogen-bond acceptors (Lipinski definition) is 5. The summed E-state index contributed by atoms with van der Waals surface area (Å²) in [4.78, 5) is 13.9. The second kappa shape index (κ2) is 9.22. The predicted octanol–water partition coefficient (Wildman–Crippen LogP) is 4.75. The average Bonchev–Trinajstić information content (AvgIpc) is 2.75. The number of nitrogens with two attached hydrogens (primary N) is 2. The third-order valence-corrected chi connectivity index (χ3v) is 6.03. The van der Waals surface area contributed by atoms with Gasteiger partial charge in [0.25, 0.3) is 0 Å². The topological polar surface area (TPSA) is 90.7 Å². The first-order valence-corrected chi connectivity index (χ1v) is 10.1. The molecule has 2 aromatic heterocycles. The summed E-state index contributed by atoms with van der Waals surface area (Å²) < 4.78 is 0.